The summed E-state index contributed by atoms with van der Waals surface area (Å²) in [5.74, 6) is -0.869. The van der Waals surface area contributed by atoms with Gasteiger partial charge in [0, 0.05) is 23.8 Å². The highest BCUT2D eigenvalue weighted by molar-refractivity contribution is 7.80. The van der Waals surface area contributed by atoms with Crippen molar-refractivity contribution in [3.63, 3.8) is 0 Å². The van der Waals surface area contributed by atoms with Crippen LogP contribution in [-0.4, -0.2) is 33.4 Å². The van der Waals surface area contributed by atoms with Gasteiger partial charge >= 0.3 is 0 Å². The Balaban J connectivity index is 1.86. The topological polar surface area (TPSA) is 54.3 Å². The van der Waals surface area contributed by atoms with Crippen molar-refractivity contribution in [1.82, 2.24) is 14.8 Å². The van der Waals surface area contributed by atoms with E-state index in [0.29, 0.717) is 0 Å². The zero-order chi connectivity index (χ0) is 20.0. The summed E-state index contributed by atoms with van der Waals surface area (Å²) in [4.78, 5) is 26.1. The van der Waals surface area contributed by atoms with Gasteiger partial charge in [0.1, 0.15) is 5.57 Å². The predicted molar refractivity (Wildman–Crippen MR) is 114 cm³/mol. The molecule has 0 aliphatic carbocycles. The van der Waals surface area contributed by atoms with Crippen LogP contribution in [0, 0.1) is 13.8 Å². The van der Waals surface area contributed by atoms with Crippen LogP contribution in [-0.2, 0) is 9.59 Å². The zero-order valence-corrected chi connectivity index (χ0v) is 16.6. The number of aryl methyl sites for hydroxylation is 1. The first-order valence-electron chi connectivity index (χ1n) is 8.90. The van der Waals surface area contributed by atoms with Crippen molar-refractivity contribution < 1.29 is 9.59 Å². The second-order valence-corrected chi connectivity index (χ2v) is 7.23. The van der Waals surface area contributed by atoms with Gasteiger partial charge in [-0.1, -0.05) is 36.4 Å². The van der Waals surface area contributed by atoms with Gasteiger partial charge in [0.2, 0.25) is 0 Å². The Kier molecular flexibility index (Phi) is 4.35. The van der Waals surface area contributed by atoms with E-state index in [-0.39, 0.29) is 10.7 Å². The van der Waals surface area contributed by atoms with E-state index in [1.54, 1.807) is 13.1 Å². The summed E-state index contributed by atoms with van der Waals surface area (Å²) in [6.45, 7) is 4.00. The molecule has 2 amide bonds. The number of benzene rings is 2. The van der Waals surface area contributed by atoms with Gasteiger partial charge in [-0.25, -0.2) is 0 Å². The molecule has 3 aromatic rings. The van der Waals surface area contributed by atoms with Gasteiger partial charge in [-0.15, -0.1) is 0 Å². The molecule has 0 bridgehead atoms. The normalized spacial score (nSPS) is 16.2. The number of aromatic nitrogens is 1. The highest BCUT2D eigenvalue weighted by atomic mass is 32.1. The van der Waals surface area contributed by atoms with Crippen LogP contribution in [0.3, 0.4) is 0 Å². The molecule has 1 aliphatic heterocycles. The number of hydrogen-bond donors (Lipinski definition) is 1. The first-order valence-corrected chi connectivity index (χ1v) is 9.31. The summed E-state index contributed by atoms with van der Waals surface area (Å²) >= 11 is 5.00. The summed E-state index contributed by atoms with van der Waals surface area (Å²) in [7, 11) is 1.55. The van der Waals surface area contributed by atoms with Crippen LogP contribution < -0.4 is 5.32 Å². The zero-order valence-electron chi connectivity index (χ0n) is 15.8. The number of likely N-dealkylation sites (N-methyl/N-ethyl adjacent to an activating group) is 1. The first-order chi connectivity index (χ1) is 13.4. The van der Waals surface area contributed by atoms with E-state index in [1.807, 2.05) is 38.1 Å². The molecule has 2 heterocycles. The van der Waals surface area contributed by atoms with Crippen molar-refractivity contribution in [2.45, 2.75) is 13.8 Å². The quantitative estimate of drug-likeness (QED) is 0.415. The minimum atomic E-state index is -0.469. The van der Waals surface area contributed by atoms with Gasteiger partial charge in [0.25, 0.3) is 11.8 Å². The van der Waals surface area contributed by atoms with Crippen LogP contribution in [0.5, 0.6) is 0 Å². The van der Waals surface area contributed by atoms with E-state index >= 15 is 0 Å². The maximum atomic E-state index is 12.5. The molecule has 6 heteroatoms. The number of amides is 2. The van der Waals surface area contributed by atoms with Crippen LogP contribution >= 0.6 is 12.2 Å². The van der Waals surface area contributed by atoms with Gasteiger partial charge in [0.15, 0.2) is 5.11 Å². The number of carbonyl (C=O) groups is 2. The molecule has 28 heavy (non-hydrogen) atoms. The van der Waals surface area contributed by atoms with Crippen LogP contribution in [0.25, 0.3) is 22.5 Å². The average Bonchev–Trinajstić information content (AvgIpc) is 2.96. The molecule has 0 spiro atoms. The minimum Gasteiger partial charge on any atom is -0.317 e. The van der Waals surface area contributed by atoms with E-state index < -0.39 is 11.8 Å². The van der Waals surface area contributed by atoms with Gasteiger partial charge < -0.3 is 4.57 Å². The maximum absolute atomic E-state index is 12.5. The number of nitrogens with zero attached hydrogens (tertiary/aromatic N) is 2. The Hall–Kier alpha value is -3.25. The van der Waals surface area contributed by atoms with Crippen LogP contribution in [0.2, 0.25) is 0 Å². The fourth-order valence-corrected chi connectivity index (χ4v) is 3.78. The Bertz CT molecular complexity index is 1180. The van der Waals surface area contributed by atoms with Gasteiger partial charge in [0.05, 0.1) is 5.69 Å². The first kappa shape index (κ1) is 18.1. The summed E-state index contributed by atoms with van der Waals surface area (Å²) in [6, 6.07) is 16.4. The van der Waals surface area contributed by atoms with Crippen LogP contribution in [0.15, 0.2) is 54.1 Å². The molecule has 0 saturated carbocycles. The average molecular weight is 389 g/mol. The van der Waals surface area contributed by atoms with Crippen molar-refractivity contribution in [3.05, 3.63) is 71.1 Å². The fraction of sp³-hybridized carbons (Fsp3) is 0.136. The lowest BCUT2D eigenvalue weighted by Crippen LogP contribution is -2.52. The maximum Gasteiger partial charge on any atom is 0.265 e. The summed E-state index contributed by atoms with van der Waals surface area (Å²) < 4.78 is 2.15. The number of nitrogens with one attached hydrogen (secondary N) is 1. The van der Waals surface area contributed by atoms with Crippen LogP contribution in [0.4, 0.5) is 0 Å². The standard InChI is InChI=1S/C22H19N3O2S/c1-13-11-16(12-18-20(26)23-22(28)24(3)21(18)27)14(2)25(13)19-10-6-8-15-7-4-5-9-17(15)19/h4-12H,1-3H3,(H,23,26,28)/b18-12-. The molecule has 5 nitrogen and oxygen atoms in total. The van der Waals surface area contributed by atoms with Crippen molar-refractivity contribution >= 4 is 46.0 Å². The van der Waals surface area contributed by atoms with Crippen molar-refractivity contribution in [3.8, 4) is 5.69 Å². The highest BCUT2D eigenvalue weighted by Gasteiger charge is 2.31. The molecule has 4 rings (SSSR count). The second kappa shape index (κ2) is 6.73. The second-order valence-electron chi connectivity index (χ2n) is 6.84. The number of rotatable bonds is 2. The van der Waals surface area contributed by atoms with Crippen molar-refractivity contribution in [2.75, 3.05) is 7.05 Å². The molecule has 1 N–H and O–H groups in total. The highest BCUT2D eigenvalue weighted by Crippen LogP contribution is 2.28. The molecule has 1 aromatic heterocycles. The number of carbonyl (C=O) groups excluding carboxylic acids is 2. The largest absolute Gasteiger partial charge is 0.317 e. The lowest BCUT2D eigenvalue weighted by molar-refractivity contribution is -0.128. The SMILES string of the molecule is Cc1cc(/C=C2/C(=O)NC(=S)N(C)C2=O)c(C)n1-c1cccc2ccccc12. The van der Waals surface area contributed by atoms with Crippen LogP contribution in [0.1, 0.15) is 17.0 Å². The lowest BCUT2D eigenvalue weighted by Gasteiger charge is -2.25. The number of thiocarbonyl (C=S) groups is 1. The van der Waals surface area contributed by atoms with E-state index in [0.717, 1.165) is 33.4 Å². The molecule has 140 valence electrons. The molecule has 1 fully saturated rings. The van der Waals surface area contributed by atoms with Gasteiger partial charge in [-0.2, -0.15) is 0 Å². The van der Waals surface area contributed by atoms with Crippen molar-refractivity contribution in [1.29, 1.82) is 0 Å². The molecule has 2 aromatic carbocycles. The number of fused-ring (bicyclic) bond motifs is 1. The lowest BCUT2D eigenvalue weighted by atomic mass is 10.1. The Labute approximate surface area is 168 Å². The summed E-state index contributed by atoms with van der Waals surface area (Å²) in [6.07, 6.45) is 1.64. The third-order valence-electron chi connectivity index (χ3n) is 5.08. The Morgan fingerprint density at radius 3 is 2.54 bits per heavy atom. The molecular formula is C22H19N3O2S. The van der Waals surface area contributed by atoms with E-state index in [9.17, 15) is 9.59 Å². The fourth-order valence-electron chi connectivity index (χ4n) is 3.61. The van der Waals surface area contributed by atoms with Gasteiger partial charge in [-0.05, 0) is 55.2 Å². The summed E-state index contributed by atoms with van der Waals surface area (Å²) in [5.41, 5.74) is 3.95. The van der Waals surface area contributed by atoms with Gasteiger partial charge in [-0.3, -0.25) is 19.8 Å². The van der Waals surface area contributed by atoms with E-state index in [2.05, 4.69) is 34.1 Å². The van der Waals surface area contributed by atoms with E-state index in [4.69, 9.17) is 12.2 Å². The Morgan fingerprint density at radius 2 is 1.75 bits per heavy atom. The van der Waals surface area contributed by atoms with E-state index in [1.165, 1.54) is 4.90 Å². The monoisotopic (exact) mass is 389 g/mol. The molecule has 0 atom stereocenters. The smallest absolute Gasteiger partial charge is 0.265 e. The minimum absolute atomic E-state index is 0.0780. The third-order valence-corrected chi connectivity index (χ3v) is 5.46. The molecule has 0 radical (unpaired) electrons. The third kappa shape index (κ3) is 2.82. The predicted octanol–water partition coefficient (Wildman–Crippen LogP) is 3.50. The molecule has 1 saturated heterocycles. The molecular weight excluding hydrogens is 370 g/mol. The summed E-state index contributed by atoms with van der Waals surface area (Å²) in [5, 5.41) is 4.97. The Morgan fingerprint density at radius 1 is 1.04 bits per heavy atom. The number of hydrogen-bond acceptors (Lipinski definition) is 3. The molecule has 0 unspecified atom stereocenters. The van der Waals surface area contributed by atoms with Crippen molar-refractivity contribution in [2.24, 2.45) is 0 Å². The molecule has 1 aliphatic rings.